The fourth-order valence-electron chi connectivity index (χ4n) is 3.37. The molecule has 1 heterocycles. The van der Waals surface area contributed by atoms with E-state index >= 15 is 0 Å². The van der Waals surface area contributed by atoms with Gasteiger partial charge >= 0.3 is 12.0 Å². The molecule has 36 heavy (non-hydrogen) atoms. The molecule has 9 nitrogen and oxygen atoms in total. The van der Waals surface area contributed by atoms with Crippen molar-refractivity contribution in [2.45, 2.75) is 13.5 Å². The highest BCUT2D eigenvalue weighted by molar-refractivity contribution is 5.82. The normalized spacial score (nSPS) is 10.9. The molecule has 0 spiro atoms. The van der Waals surface area contributed by atoms with Gasteiger partial charge < -0.3 is 18.9 Å². The van der Waals surface area contributed by atoms with Crippen LogP contribution in [0.25, 0.3) is 10.9 Å². The Kier molecular flexibility index (Phi) is 7.92. The standard InChI is InChI=1S/C27H25N3O6/c1-3-34-25(31)18-35-23-14-13-20(15-24(23)33-2)16-28-30-26(32)21-11-7-8-12-22(21)29-27(30)36-17-19-9-5-4-6-10-19/h4-16H,3,17-18H2,1-2H3/b28-16+. The van der Waals surface area contributed by atoms with Gasteiger partial charge in [-0.2, -0.15) is 10.1 Å². The van der Waals surface area contributed by atoms with Crippen molar-refractivity contribution in [3.8, 4) is 17.5 Å². The molecule has 0 saturated carbocycles. The van der Waals surface area contributed by atoms with Gasteiger partial charge in [0.25, 0.3) is 5.56 Å². The molecule has 0 atom stereocenters. The Hall–Kier alpha value is -4.66. The molecule has 4 rings (SSSR count). The molecular weight excluding hydrogens is 462 g/mol. The molecule has 4 aromatic rings. The summed E-state index contributed by atoms with van der Waals surface area (Å²) < 4.78 is 22.8. The topological polar surface area (TPSA) is 101 Å². The lowest BCUT2D eigenvalue weighted by Gasteiger charge is -2.11. The van der Waals surface area contributed by atoms with E-state index in [1.165, 1.54) is 13.3 Å². The van der Waals surface area contributed by atoms with Crippen molar-refractivity contribution < 1.29 is 23.7 Å². The zero-order valence-corrected chi connectivity index (χ0v) is 19.9. The van der Waals surface area contributed by atoms with Gasteiger partial charge in [-0.1, -0.05) is 42.5 Å². The zero-order chi connectivity index (χ0) is 25.3. The fraction of sp³-hybridized carbons (Fsp3) is 0.185. The molecule has 0 aliphatic heterocycles. The van der Waals surface area contributed by atoms with Gasteiger partial charge in [-0.25, -0.2) is 4.79 Å². The smallest absolute Gasteiger partial charge is 0.344 e. The average Bonchev–Trinajstić information content (AvgIpc) is 2.91. The highest BCUT2D eigenvalue weighted by atomic mass is 16.6. The maximum atomic E-state index is 13.2. The number of para-hydroxylation sites is 1. The lowest BCUT2D eigenvalue weighted by molar-refractivity contribution is -0.145. The monoisotopic (exact) mass is 487 g/mol. The van der Waals surface area contributed by atoms with Gasteiger partial charge in [0.2, 0.25) is 0 Å². The number of carbonyl (C=O) groups is 1. The summed E-state index contributed by atoms with van der Waals surface area (Å²) in [4.78, 5) is 29.3. The van der Waals surface area contributed by atoms with E-state index in [4.69, 9.17) is 18.9 Å². The number of aromatic nitrogens is 2. The molecular formula is C27H25N3O6. The molecule has 1 aromatic heterocycles. The number of ether oxygens (including phenoxy) is 4. The first-order valence-electron chi connectivity index (χ1n) is 11.3. The van der Waals surface area contributed by atoms with Crippen LogP contribution in [-0.2, 0) is 16.1 Å². The maximum Gasteiger partial charge on any atom is 0.344 e. The third-order valence-corrected chi connectivity index (χ3v) is 5.10. The molecule has 0 unspecified atom stereocenters. The van der Waals surface area contributed by atoms with Crippen LogP contribution in [0.4, 0.5) is 0 Å². The van der Waals surface area contributed by atoms with Crippen LogP contribution in [0, 0.1) is 0 Å². The van der Waals surface area contributed by atoms with E-state index in [0.29, 0.717) is 28.0 Å². The molecule has 0 aliphatic carbocycles. The van der Waals surface area contributed by atoms with Crippen molar-refractivity contribution in [1.82, 2.24) is 9.66 Å². The van der Waals surface area contributed by atoms with Gasteiger partial charge in [0, 0.05) is 0 Å². The fourth-order valence-corrected chi connectivity index (χ4v) is 3.37. The van der Waals surface area contributed by atoms with Crippen LogP contribution in [-0.4, -0.2) is 42.2 Å². The summed E-state index contributed by atoms with van der Waals surface area (Å²) in [5.41, 5.74) is 1.71. The average molecular weight is 488 g/mol. The summed E-state index contributed by atoms with van der Waals surface area (Å²) in [6, 6.07) is 21.7. The van der Waals surface area contributed by atoms with Crippen LogP contribution in [0.3, 0.4) is 0 Å². The van der Waals surface area contributed by atoms with E-state index in [1.54, 1.807) is 49.4 Å². The number of carbonyl (C=O) groups excluding carboxylic acids is 1. The zero-order valence-electron chi connectivity index (χ0n) is 19.9. The molecule has 9 heteroatoms. The third kappa shape index (κ3) is 5.87. The highest BCUT2D eigenvalue weighted by Crippen LogP contribution is 2.27. The Morgan fingerprint density at radius 3 is 2.56 bits per heavy atom. The molecule has 184 valence electrons. The van der Waals surface area contributed by atoms with Crippen molar-refractivity contribution >= 4 is 23.1 Å². The van der Waals surface area contributed by atoms with Crippen LogP contribution in [0.2, 0.25) is 0 Å². The van der Waals surface area contributed by atoms with Crippen LogP contribution in [0.1, 0.15) is 18.1 Å². The molecule has 0 saturated heterocycles. The Balaban J connectivity index is 1.62. The van der Waals surface area contributed by atoms with Crippen LogP contribution < -0.4 is 19.8 Å². The first-order chi connectivity index (χ1) is 17.6. The Morgan fingerprint density at radius 1 is 1.00 bits per heavy atom. The van der Waals surface area contributed by atoms with Crippen molar-refractivity contribution in [3.05, 3.63) is 94.3 Å². The lowest BCUT2D eigenvalue weighted by atomic mass is 10.2. The van der Waals surface area contributed by atoms with Gasteiger partial charge in [-0.3, -0.25) is 4.79 Å². The minimum Gasteiger partial charge on any atom is -0.493 e. The first kappa shape index (κ1) is 24.5. The van der Waals surface area contributed by atoms with Crippen molar-refractivity contribution in [1.29, 1.82) is 0 Å². The van der Waals surface area contributed by atoms with E-state index in [2.05, 4.69) is 10.1 Å². The van der Waals surface area contributed by atoms with E-state index in [0.717, 1.165) is 10.2 Å². The van der Waals surface area contributed by atoms with E-state index < -0.39 is 5.97 Å². The lowest BCUT2D eigenvalue weighted by Crippen LogP contribution is -2.20. The second-order valence-corrected chi connectivity index (χ2v) is 7.55. The van der Waals surface area contributed by atoms with Gasteiger partial charge in [-0.05, 0) is 48.4 Å². The molecule has 0 bridgehead atoms. The third-order valence-electron chi connectivity index (χ3n) is 5.10. The number of nitrogens with zero attached hydrogens (tertiary/aromatic N) is 3. The predicted molar refractivity (Wildman–Crippen MR) is 135 cm³/mol. The predicted octanol–water partition coefficient (Wildman–Crippen LogP) is 3.81. The number of esters is 1. The van der Waals surface area contributed by atoms with Crippen molar-refractivity contribution in [2.75, 3.05) is 20.3 Å². The van der Waals surface area contributed by atoms with Crippen molar-refractivity contribution in [2.24, 2.45) is 5.10 Å². The number of rotatable bonds is 10. The Bertz CT molecular complexity index is 1430. The number of benzene rings is 3. The summed E-state index contributed by atoms with van der Waals surface area (Å²) >= 11 is 0. The van der Waals surface area contributed by atoms with E-state index in [1.807, 2.05) is 30.3 Å². The summed E-state index contributed by atoms with van der Waals surface area (Å²) in [5, 5.41) is 4.78. The SMILES string of the molecule is CCOC(=O)COc1ccc(/C=N/n2c(OCc3ccccc3)nc3ccccc3c2=O)cc1OC. The highest BCUT2D eigenvalue weighted by Gasteiger charge is 2.13. The molecule has 0 aliphatic rings. The summed E-state index contributed by atoms with van der Waals surface area (Å²) in [5.74, 6) is 0.295. The van der Waals surface area contributed by atoms with Gasteiger partial charge in [0.1, 0.15) is 6.61 Å². The van der Waals surface area contributed by atoms with E-state index in [-0.39, 0.29) is 31.4 Å². The van der Waals surface area contributed by atoms with Gasteiger partial charge in [0.05, 0.1) is 30.8 Å². The second-order valence-electron chi connectivity index (χ2n) is 7.55. The summed E-state index contributed by atoms with van der Waals surface area (Å²) in [7, 11) is 1.49. The Morgan fingerprint density at radius 2 is 1.78 bits per heavy atom. The van der Waals surface area contributed by atoms with Gasteiger partial charge in [0.15, 0.2) is 18.1 Å². The van der Waals surface area contributed by atoms with Crippen LogP contribution in [0.5, 0.6) is 17.5 Å². The molecule has 3 aromatic carbocycles. The number of hydrogen-bond donors (Lipinski definition) is 0. The molecule has 0 fully saturated rings. The number of fused-ring (bicyclic) bond motifs is 1. The largest absolute Gasteiger partial charge is 0.493 e. The van der Waals surface area contributed by atoms with Gasteiger partial charge in [-0.15, -0.1) is 4.68 Å². The second kappa shape index (κ2) is 11.7. The van der Waals surface area contributed by atoms with Crippen molar-refractivity contribution in [3.63, 3.8) is 0 Å². The molecule has 0 N–H and O–H groups in total. The van der Waals surface area contributed by atoms with Crippen LogP contribution in [0.15, 0.2) is 82.7 Å². The number of methoxy groups -OCH3 is 1. The van der Waals surface area contributed by atoms with E-state index in [9.17, 15) is 9.59 Å². The molecule has 0 amide bonds. The minimum atomic E-state index is -0.476. The quantitative estimate of drug-likeness (QED) is 0.248. The Labute approximate surface area is 207 Å². The summed E-state index contributed by atoms with van der Waals surface area (Å²) in [6.45, 7) is 1.98. The number of hydrogen-bond acceptors (Lipinski definition) is 8. The first-order valence-corrected chi connectivity index (χ1v) is 11.3. The minimum absolute atomic E-state index is 0.0696. The summed E-state index contributed by atoms with van der Waals surface area (Å²) in [6.07, 6.45) is 1.49. The maximum absolute atomic E-state index is 13.2. The van der Waals surface area contributed by atoms with Crippen LogP contribution >= 0.6 is 0 Å². The molecule has 0 radical (unpaired) electrons.